The van der Waals surface area contributed by atoms with E-state index in [2.05, 4.69) is 19.4 Å². The van der Waals surface area contributed by atoms with E-state index in [1.54, 1.807) is 7.11 Å². The van der Waals surface area contributed by atoms with Crippen molar-refractivity contribution in [3.05, 3.63) is 48.2 Å². The molecule has 27 heavy (non-hydrogen) atoms. The number of nitrogens with one attached hydrogen (secondary N) is 1. The highest BCUT2D eigenvalue weighted by atomic mass is 16.5. The number of piperazine rings is 1. The molecule has 7 nitrogen and oxygen atoms in total. The fraction of sp³-hybridized carbons (Fsp3) is 0.400. The molecule has 1 amide bonds. The van der Waals surface area contributed by atoms with Gasteiger partial charge in [-0.25, -0.2) is 4.98 Å². The van der Waals surface area contributed by atoms with E-state index in [9.17, 15) is 4.79 Å². The van der Waals surface area contributed by atoms with E-state index < -0.39 is 0 Å². The van der Waals surface area contributed by atoms with Crippen LogP contribution in [0, 0.1) is 6.92 Å². The molecule has 1 fully saturated rings. The summed E-state index contributed by atoms with van der Waals surface area (Å²) in [5, 5.41) is 1.02. The summed E-state index contributed by atoms with van der Waals surface area (Å²) in [6.07, 6.45) is 3.85. The first-order valence-corrected chi connectivity index (χ1v) is 9.30. The monoisotopic (exact) mass is 367 g/mol. The SMILES string of the molecule is COc1ccc2cc(C(=O)N3CCN(CCn4ccnc4C)CC3)[nH]c2c1. The third-order valence-corrected chi connectivity index (χ3v) is 5.30. The predicted octanol–water partition coefficient (Wildman–Crippen LogP) is 2.14. The number of aromatic nitrogens is 3. The van der Waals surface area contributed by atoms with Crippen molar-refractivity contribution in [2.24, 2.45) is 0 Å². The number of nitrogens with zero attached hydrogens (tertiary/aromatic N) is 4. The lowest BCUT2D eigenvalue weighted by atomic mass is 10.2. The van der Waals surface area contributed by atoms with E-state index in [0.29, 0.717) is 5.69 Å². The minimum absolute atomic E-state index is 0.0651. The number of ether oxygens (including phenoxy) is 1. The van der Waals surface area contributed by atoms with E-state index in [4.69, 9.17) is 4.74 Å². The van der Waals surface area contributed by atoms with Gasteiger partial charge in [0.1, 0.15) is 17.3 Å². The van der Waals surface area contributed by atoms with Gasteiger partial charge in [0.15, 0.2) is 0 Å². The molecule has 0 aliphatic carbocycles. The van der Waals surface area contributed by atoms with Crippen molar-refractivity contribution in [1.82, 2.24) is 24.3 Å². The first-order chi connectivity index (χ1) is 13.1. The molecule has 1 N–H and O–H groups in total. The van der Waals surface area contributed by atoms with Gasteiger partial charge >= 0.3 is 0 Å². The van der Waals surface area contributed by atoms with Crippen LogP contribution in [0.3, 0.4) is 0 Å². The number of aryl methyl sites for hydroxylation is 1. The highest BCUT2D eigenvalue weighted by molar-refractivity contribution is 5.98. The number of hydrogen-bond donors (Lipinski definition) is 1. The number of methoxy groups -OCH3 is 1. The average Bonchev–Trinajstić information content (AvgIpc) is 3.31. The molecule has 4 rings (SSSR count). The van der Waals surface area contributed by atoms with Crippen molar-refractivity contribution < 1.29 is 9.53 Å². The average molecular weight is 367 g/mol. The molecule has 0 spiro atoms. The number of carbonyl (C=O) groups is 1. The Labute approximate surface area is 158 Å². The molecule has 3 aromatic rings. The largest absolute Gasteiger partial charge is 0.497 e. The fourth-order valence-electron chi connectivity index (χ4n) is 3.58. The number of fused-ring (bicyclic) bond motifs is 1. The maximum Gasteiger partial charge on any atom is 0.270 e. The third kappa shape index (κ3) is 3.68. The molecule has 142 valence electrons. The zero-order valence-electron chi connectivity index (χ0n) is 15.8. The summed E-state index contributed by atoms with van der Waals surface area (Å²) in [5.41, 5.74) is 1.56. The Morgan fingerprint density at radius 3 is 2.70 bits per heavy atom. The molecule has 1 aliphatic rings. The number of H-pyrrole nitrogens is 1. The topological polar surface area (TPSA) is 66.4 Å². The fourth-order valence-corrected chi connectivity index (χ4v) is 3.58. The van der Waals surface area contributed by atoms with Gasteiger partial charge in [-0.15, -0.1) is 0 Å². The highest BCUT2D eigenvalue weighted by Crippen LogP contribution is 2.22. The summed E-state index contributed by atoms with van der Waals surface area (Å²) in [4.78, 5) is 24.7. The molecule has 7 heteroatoms. The van der Waals surface area contributed by atoms with E-state index in [1.165, 1.54) is 0 Å². The summed E-state index contributed by atoms with van der Waals surface area (Å²) in [6, 6.07) is 7.72. The Morgan fingerprint density at radius 2 is 2.00 bits per heavy atom. The molecule has 2 aromatic heterocycles. The van der Waals surface area contributed by atoms with Gasteiger partial charge in [0, 0.05) is 68.6 Å². The van der Waals surface area contributed by atoms with Crippen molar-refractivity contribution in [2.45, 2.75) is 13.5 Å². The van der Waals surface area contributed by atoms with Crippen molar-refractivity contribution in [3.63, 3.8) is 0 Å². The van der Waals surface area contributed by atoms with Crippen LogP contribution in [0.4, 0.5) is 0 Å². The van der Waals surface area contributed by atoms with Crippen LogP contribution in [0.5, 0.6) is 5.75 Å². The number of hydrogen-bond acceptors (Lipinski definition) is 4. The number of amides is 1. The normalized spacial score (nSPS) is 15.4. The van der Waals surface area contributed by atoms with Gasteiger partial charge in [-0.1, -0.05) is 0 Å². The first-order valence-electron chi connectivity index (χ1n) is 9.30. The molecule has 0 atom stereocenters. The molecule has 0 unspecified atom stereocenters. The van der Waals surface area contributed by atoms with Gasteiger partial charge < -0.3 is 19.2 Å². The number of carbonyl (C=O) groups excluding carboxylic acids is 1. The standard InChI is InChI=1S/C20H25N5O2/c1-15-21-5-6-24(15)10-7-23-8-11-25(12-9-23)20(26)19-13-16-3-4-17(27-2)14-18(16)22-19/h3-6,13-14,22H,7-12H2,1-2H3. The molecule has 1 aromatic carbocycles. The number of rotatable bonds is 5. The summed E-state index contributed by atoms with van der Waals surface area (Å²) >= 11 is 0. The molecule has 0 radical (unpaired) electrons. The van der Waals surface area contributed by atoms with E-state index in [1.807, 2.05) is 48.5 Å². The van der Waals surface area contributed by atoms with Crippen LogP contribution in [0.2, 0.25) is 0 Å². The van der Waals surface area contributed by atoms with E-state index >= 15 is 0 Å². The van der Waals surface area contributed by atoms with E-state index in [-0.39, 0.29) is 5.91 Å². The van der Waals surface area contributed by atoms with Crippen molar-refractivity contribution in [3.8, 4) is 5.75 Å². The zero-order valence-corrected chi connectivity index (χ0v) is 15.8. The van der Waals surface area contributed by atoms with Gasteiger partial charge in [-0.2, -0.15) is 0 Å². The number of imidazole rings is 1. The third-order valence-electron chi connectivity index (χ3n) is 5.30. The lowest BCUT2D eigenvalue weighted by Crippen LogP contribution is -2.49. The number of benzene rings is 1. The summed E-state index contributed by atoms with van der Waals surface area (Å²) in [6.45, 7) is 7.23. The summed E-state index contributed by atoms with van der Waals surface area (Å²) < 4.78 is 7.41. The Morgan fingerprint density at radius 1 is 1.19 bits per heavy atom. The maximum atomic E-state index is 12.9. The van der Waals surface area contributed by atoms with Crippen LogP contribution in [0.1, 0.15) is 16.3 Å². The van der Waals surface area contributed by atoms with Crippen LogP contribution in [-0.2, 0) is 6.54 Å². The first kappa shape index (κ1) is 17.6. The van der Waals surface area contributed by atoms with Crippen molar-refractivity contribution in [1.29, 1.82) is 0 Å². The zero-order chi connectivity index (χ0) is 18.8. The minimum Gasteiger partial charge on any atom is -0.497 e. The number of aromatic amines is 1. The Hall–Kier alpha value is -2.80. The Bertz CT molecular complexity index is 937. The van der Waals surface area contributed by atoms with Crippen LogP contribution < -0.4 is 4.74 Å². The second-order valence-corrected chi connectivity index (χ2v) is 6.94. The maximum absolute atomic E-state index is 12.9. The molecule has 1 aliphatic heterocycles. The molecule has 0 bridgehead atoms. The van der Waals surface area contributed by atoms with Crippen LogP contribution in [0.25, 0.3) is 10.9 Å². The minimum atomic E-state index is 0.0651. The van der Waals surface area contributed by atoms with Gasteiger partial charge in [0.05, 0.1) is 7.11 Å². The van der Waals surface area contributed by atoms with Gasteiger partial charge in [-0.05, 0) is 25.1 Å². The predicted molar refractivity (Wildman–Crippen MR) is 104 cm³/mol. The van der Waals surface area contributed by atoms with Crippen molar-refractivity contribution in [2.75, 3.05) is 39.8 Å². The van der Waals surface area contributed by atoms with Crippen LogP contribution >= 0.6 is 0 Å². The highest BCUT2D eigenvalue weighted by Gasteiger charge is 2.23. The Balaban J connectivity index is 1.35. The molecule has 1 saturated heterocycles. The van der Waals surface area contributed by atoms with Gasteiger partial charge in [-0.3, -0.25) is 9.69 Å². The molecular formula is C20H25N5O2. The lowest BCUT2D eigenvalue weighted by molar-refractivity contribution is 0.0628. The molecule has 3 heterocycles. The van der Waals surface area contributed by atoms with Crippen molar-refractivity contribution >= 4 is 16.8 Å². The second-order valence-electron chi connectivity index (χ2n) is 6.94. The smallest absolute Gasteiger partial charge is 0.270 e. The molecular weight excluding hydrogens is 342 g/mol. The van der Waals surface area contributed by atoms with Gasteiger partial charge in [0.2, 0.25) is 0 Å². The summed E-state index contributed by atoms with van der Waals surface area (Å²) in [5.74, 6) is 1.89. The second kappa shape index (κ2) is 7.44. The van der Waals surface area contributed by atoms with Gasteiger partial charge in [0.25, 0.3) is 5.91 Å². The lowest BCUT2D eigenvalue weighted by Gasteiger charge is -2.34. The van der Waals surface area contributed by atoms with Crippen LogP contribution in [0.15, 0.2) is 36.7 Å². The summed E-state index contributed by atoms with van der Waals surface area (Å²) in [7, 11) is 1.64. The van der Waals surface area contributed by atoms with E-state index in [0.717, 1.165) is 61.7 Å². The Kier molecular flexibility index (Phi) is 4.85. The van der Waals surface area contributed by atoms with Crippen LogP contribution in [-0.4, -0.2) is 70.1 Å². The quantitative estimate of drug-likeness (QED) is 0.750. The molecule has 0 saturated carbocycles.